The quantitative estimate of drug-likeness (QED) is 0.268. The highest BCUT2D eigenvalue weighted by Gasteiger charge is 2.24. The van der Waals surface area contributed by atoms with Gasteiger partial charge in [0.2, 0.25) is 0 Å². The molecule has 5 rings (SSSR count). The molecule has 2 aromatic heterocycles. The number of benzene rings is 2. The Balaban J connectivity index is 1.39. The fourth-order valence-electron chi connectivity index (χ4n) is 4.32. The Bertz CT molecular complexity index is 1370. The van der Waals surface area contributed by atoms with Crippen LogP contribution in [0.5, 0.6) is 5.75 Å². The first-order chi connectivity index (χ1) is 17.9. The second kappa shape index (κ2) is 10.9. The van der Waals surface area contributed by atoms with Crippen LogP contribution in [0.1, 0.15) is 53.3 Å². The molecule has 0 bridgehead atoms. The molecule has 1 aliphatic carbocycles. The second-order valence-corrected chi connectivity index (χ2v) is 11.0. The molecule has 0 unspecified atom stereocenters. The first-order valence-electron chi connectivity index (χ1n) is 12.8. The number of aryl methyl sites for hydroxylation is 1. The van der Waals surface area contributed by atoms with Crippen molar-refractivity contribution >= 4 is 17.2 Å². The number of ether oxygens (including phenoxy) is 1. The molecule has 1 saturated carbocycles. The van der Waals surface area contributed by atoms with Crippen molar-refractivity contribution in [3.05, 3.63) is 83.0 Å². The van der Waals surface area contributed by atoms with Gasteiger partial charge in [-0.25, -0.2) is 0 Å². The second-order valence-electron chi connectivity index (χ2n) is 10.1. The van der Waals surface area contributed by atoms with E-state index in [0.717, 1.165) is 34.4 Å². The van der Waals surface area contributed by atoms with E-state index >= 15 is 0 Å². The number of hydrogen-bond acceptors (Lipinski definition) is 5. The van der Waals surface area contributed by atoms with Gasteiger partial charge in [0.25, 0.3) is 5.91 Å². The zero-order chi connectivity index (χ0) is 25.9. The van der Waals surface area contributed by atoms with Crippen molar-refractivity contribution in [1.82, 2.24) is 20.0 Å². The van der Waals surface area contributed by atoms with E-state index in [4.69, 9.17) is 4.74 Å². The number of nitrogens with one attached hydrogen (secondary N) is 1. The minimum absolute atomic E-state index is 0.104. The molecule has 2 heterocycles. The summed E-state index contributed by atoms with van der Waals surface area (Å²) in [7, 11) is 4.02. The Hall–Kier alpha value is -3.42. The summed E-state index contributed by atoms with van der Waals surface area (Å²) in [6, 6.07) is 16.8. The number of nitrogens with zero attached hydrogens (tertiary/aromatic N) is 3. The number of carbonyl (C=O) groups excluding carboxylic acids is 1. The Kier molecular flexibility index (Phi) is 7.44. The zero-order valence-electron chi connectivity index (χ0n) is 21.9. The van der Waals surface area contributed by atoms with Crippen molar-refractivity contribution in [3.63, 3.8) is 0 Å². The molecule has 0 aliphatic heterocycles. The molecule has 37 heavy (non-hydrogen) atoms. The minimum atomic E-state index is -0.178. The van der Waals surface area contributed by atoms with Crippen LogP contribution in [0.4, 0.5) is 0 Å². The summed E-state index contributed by atoms with van der Waals surface area (Å²) in [5.41, 5.74) is 5.98. The number of hydrogen-bond donors (Lipinski definition) is 1. The largest absolute Gasteiger partial charge is 0.492 e. The molecule has 1 N–H and O–H groups in total. The van der Waals surface area contributed by atoms with E-state index < -0.39 is 0 Å². The van der Waals surface area contributed by atoms with E-state index in [0.29, 0.717) is 24.0 Å². The summed E-state index contributed by atoms with van der Waals surface area (Å²) in [4.78, 5) is 16.6. The third-order valence-electron chi connectivity index (χ3n) is 6.73. The van der Waals surface area contributed by atoms with Crippen LogP contribution in [0.25, 0.3) is 21.6 Å². The van der Waals surface area contributed by atoms with E-state index in [9.17, 15) is 4.79 Å². The molecule has 192 valence electrons. The highest BCUT2D eigenvalue weighted by Crippen LogP contribution is 2.37. The number of amides is 1. The van der Waals surface area contributed by atoms with Crippen LogP contribution in [-0.4, -0.2) is 47.8 Å². The lowest BCUT2D eigenvalue weighted by molar-refractivity contribution is 0.0938. The maximum atomic E-state index is 13.4. The van der Waals surface area contributed by atoms with E-state index in [-0.39, 0.29) is 11.9 Å². The van der Waals surface area contributed by atoms with Crippen LogP contribution in [0, 0.1) is 6.92 Å². The van der Waals surface area contributed by atoms with Crippen LogP contribution < -0.4 is 10.1 Å². The Morgan fingerprint density at radius 1 is 1.16 bits per heavy atom. The van der Waals surface area contributed by atoms with Gasteiger partial charge in [0, 0.05) is 28.7 Å². The Labute approximate surface area is 222 Å². The molecule has 1 aliphatic rings. The van der Waals surface area contributed by atoms with Crippen LogP contribution in [0.3, 0.4) is 0 Å². The van der Waals surface area contributed by atoms with Gasteiger partial charge in [-0.15, -0.1) is 11.3 Å². The van der Waals surface area contributed by atoms with Crippen molar-refractivity contribution in [2.45, 2.75) is 38.8 Å². The average molecular weight is 515 g/mol. The van der Waals surface area contributed by atoms with E-state index in [1.165, 1.54) is 17.7 Å². The smallest absolute Gasteiger partial charge is 0.252 e. The molecular weight excluding hydrogens is 480 g/mol. The van der Waals surface area contributed by atoms with E-state index in [1.54, 1.807) is 11.3 Å². The molecule has 1 atom stereocenters. The summed E-state index contributed by atoms with van der Waals surface area (Å²) in [6.45, 7) is 5.38. The molecule has 0 radical (unpaired) electrons. The van der Waals surface area contributed by atoms with Crippen molar-refractivity contribution in [3.8, 4) is 27.3 Å². The van der Waals surface area contributed by atoms with Gasteiger partial charge in [-0.05, 0) is 105 Å². The Morgan fingerprint density at radius 2 is 1.97 bits per heavy atom. The molecule has 4 aromatic rings. The van der Waals surface area contributed by atoms with Crippen LogP contribution in [0.2, 0.25) is 0 Å². The van der Waals surface area contributed by atoms with Gasteiger partial charge in [-0.2, -0.15) is 5.10 Å². The number of thiophene rings is 1. The van der Waals surface area contributed by atoms with Gasteiger partial charge < -0.3 is 15.0 Å². The standard InChI is InChI=1S/C30H34N4O2S/c1-20-7-10-27(36-12-11-33(3)4)17-28(20)30(35)32-21(2)22-14-23(16-24(15-22)29-6-5-13-37-29)25-18-31-34(19-25)26-8-9-26/h5-7,10,13-19,21,26H,8-9,11-12H2,1-4H3,(H,32,35)/t21-/m1/s1. The number of carbonyl (C=O) groups is 1. The summed E-state index contributed by atoms with van der Waals surface area (Å²) >= 11 is 1.72. The molecular formula is C30H34N4O2S. The molecule has 0 saturated heterocycles. The van der Waals surface area contributed by atoms with Crippen molar-refractivity contribution in [2.24, 2.45) is 0 Å². The summed E-state index contributed by atoms with van der Waals surface area (Å²) in [6.07, 6.45) is 6.49. The van der Waals surface area contributed by atoms with Gasteiger partial charge in [0.05, 0.1) is 18.3 Å². The number of likely N-dealkylation sites (N-methyl/N-ethyl adjacent to an activating group) is 1. The minimum Gasteiger partial charge on any atom is -0.492 e. The van der Waals surface area contributed by atoms with Crippen LogP contribution in [0.15, 0.2) is 66.3 Å². The normalized spacial score (nSPS) is 14.1. The maximum Gasteiger partial charge on any atom is 0.252 e. The van der Waals surface area contributed by atoms with Crippen molar-refractivity contribution < 1.29 is 9.53 Å². The first kappa shape index (κ1) is 25.2. The highest BCUT2D eigenvalue weighted by atomic mass is 32.1. The predicted molar refractivity (Wildman–Crippen MR) is 150 cm³/mol. The SMILES string of the molecule is Cc1ccc(OCCN(C)C)cc1C(=O)N[C@H](C)c1cc(-c2cnn(C3CC3)c2)cc(-c2cccs2)c1. The van der Waals surface area contributed by atoms with E-state index in [2.05, 4.69) is 61.9 Å². The van der Waals surface area contributed by atoms with Gasteiger partial charge in [0.15, 0.2) is 0 Å². The van der Waals surface area contributed by atoms with Crippen LogP contribution >= 0.6 is 11.3 Å². The van der Waals surface area contributed by atoms with E-state index in [1.807, 2.05) is 52.3 Å². The maximum absolute atomic E-state index is 13.4. The van der Waals surface area contributed by atoms with Gasteiger partial charge >= 0.3 is 0 Å². The van der Waals surface area contributed by atoms with Gasteiger partial charge in [0.1, 0.15) is 12.4 Å². The van der Waals surface area contributed by atoms with Gasteiger partial charge in [-0.1, -0.05) is 12.1 Å². The third-order valence-corrected chi connectivity index (χ3v) is 7.64. The molecule has 1 fully saturated rings. The Morgan fingerprint density at radius 3 is 2.70 bits per heavy atom. The molecule has 2 aromatic carbocycles. The van der Waals surface area contributed by atoms with Gasteiger partial charge in [-0.3, -0.25) is 9.48 Å². The summed E-state index contributed by atoms with van der Waals surface area (Å²) in [5.74, 6) is 0.604. The third kappa shape index (κ3) is 6.12. The molecule has 0 spiro atoms. The van der Waals surface area contributed by atoms with Crippen LogP contribution in [-0.2, 0) is 0 Å². The zero-order valence-corrected chi connectivity index (χ0v) is 22.7. The molecule has 6 nitrogen and oxygen atoms in total. The number of aromatic nitrogens is 2. The fraction of sp³-hybridized carbons (Fsp3) is 0.333. The molecule has 7 heteroatoms. The summed E-state index contributed by atoms with van der Waals surface area (Å²) < 4.78 is 7.95. The highest BCUT2D eigenvalue weighted by molar-refractivity contribution is 7.13. The monoisotopic (exact) mass is 514 g/mol. The lowest BCUT2D eigenvalue weighted by Crippen LogP contribution is -2.27. The fourth-order valence-corrected chi connectivity index (χ4v) is 5.03. The summed E-state index contributed by atoms with van der Waals surface area (Å²) in [5, 5.41) is 9.90. The van der Waals surface area contributed by atoms with Crippen molar-refractivity contribution in [2.75, 3.05) is 27.2 Å². The predicted octanol–water partition coefficient (Wildman–Crippen LogP) is 6.35. The molecule has 1 amide bonds. The first-order valence-corrected chi connectivity index (χ1v) is 13.7. The van der Waals surface area contributed by atoms with Crippen molar-refractivity contribution in [1.29, 1.82) is 0 Å². The lowest BCUT2D eigenvalue weighted by Gasteiger charge is -2.18. The lowest BCUT2D eigenvalue weighted by atomic mass is 9.97. The number of rotatable bonds is 10. The topological polar surface area (TPSA) is 59.4 Å². The average Bonchev–Trinajstić information content (AvgIpc) is 3.36.